The van der Waals surface area contributed by atoms with E-state index in [2.05, 4.69) is 12.6 Å². The Bertz CT molecular complexity index is 150. The SMILES string of the molecule is N[C@]([C]=O)(CS)CC(=O)O. The Balaban J connectivity index is 4.05. The van der Waals surface area contributed by atoms with Crippen molar-refractivity contribution in [1.82, 2.24) is 0 Å². The first-order valence-electron chi connectivity index (χ1n) is 2.55. The summed E-state index contributed by atoms with van der Waals surface area (Å²) in [5, 5.41) is 8.22. The van der Waals surface area contributed by atoms with Crippen molar-refractivity contribution in [3.8, 4) is 0 Å². The van der Waals surface area contributed by atoms with Crippen LogP contribution < -0.4 is 5.73 Å². The van der Waals surface area contributed by atoms with E-state index >= 15 is 0 Å². The number of hydrogen-bond donors (Lipinski definition) is 3. The maximum absolute atomic E-state index is 10.0. The number of hydrogen-bond acceptors (Lipinski definition) is 4. The number of carboxylic acid groups (broad SMARTS) is 1. The van der Waals surface area contributed by atoms with Crippen molar-refractivity contribution in [3.63, 3.8) is 0 Å². The fraction of sp³-hybridized carbons (Fsp3) is 0.600. The molecular formula is C5H8NO3S. The second-order valence-electron chi connectivity index (χ2n) is 1.99. The normalized spacial score (nSPS) is 15.8. The van der Waals surface area contributed by atoms with Gasteiger partial charge in [0.15, 0.2) is 0 Å². The largest absolute Gasteiger partial charge is 0.481 e. The highest BCUT2D eigenvalue weighted by Gasteiger charge is 2.26. The van der Waals surface area contributed by atoms with Crippen LogP contribution in [0.2, 0.25) is 0 Å². The molecule has 1 radical (unpaired) electrons. The van der Waals surface area contributed by atoms with Gasteiger partial charge in [0.1, 0.15) is 5.54 Å². The fourth-order valence-electron chi connectivity index (χ4n) is 0.394. The third-order valence-electron chi connectivity index (χ3n) is 0.952. The monoisotopic (exact) mass is 162 g/mol. The van der Waals surface area contributed by atoms with Gasteiger partial charge >= 0.3 is 5.97 Å². The van der Waals surface area contributed by atoms with Gasteiger partial charge in [-0.1, -0.05) is 0 Å². The van der Waals surface area contributed by atoms with Gasteiger partial charge < -0.3 is 10.8 Å². The lowest BCUT2D eigenvalue weighted by atomic mass is 10.0. The molecule has 0 aliphatic carbocycles. The standard InChI is InChI=1S/C5H8NO3S/c6-5(2-7,3-10)1-4(8)9/h10H,1,3,6H2,(H,8,9)/t5-/m1/s1. The van der Waals surface area contributed by atoms with Crippen LogP contribution in [0.5, 0.6) is 0 Å². The Labute approximate surface area is 63.8 Å². The van der Waals surface area contributed by atoms with Gasteiger partial charge in [0, 0.05) is 5.75 Å². The molecular weight excluding hydrogens is 154 g/mol. The van der Waals surface area contributed by atoms with Gasteiger partial charge in [0.05, 0.1) is 6.42 Å². The quantitative estimate of drug-likeness (QED) is 0.473. The smallest absolute Gasteiger partial charge is 0.305 e. The molecule has 0 bridgehead atoms. The molecule has 0 aliphatic rings. The summed E-state index contributed by atoms with van der Waals surface area (Å²) in [6.45, 7) is 0. The van der Waals surface area contributed by atoms with E-state index in [9.17, 15) is 9.59 Å². The van der Waals surface area contributed by atoms with Crippen molar-refractivity contribution >= 4 is 24.9 Å². The lowest BCUT2D eigenvalue weighted by Crippen LogP contribution is -2.45. The highest BCUT2D eigenvalue weighted by Crippen LogP contribution is 2.04. The first-order chi connectivity index (χ1) is 4.54. The minimum absolute atomic E-state index is 0.0111. The minimum atomic E-state index is -1.44. The molecule has 0 spiro atoms. The van der Waals surface area contributed by atoms with Gasteiger partial charge in [-0.3, -0.25) is 9.59 Å². The number of carbonyl (C=O) groups is 1. The van der Waals surface area contributed by atoms with Crippen LogP contribution in [0.3, 0.4) is 0 Å². The Kier molecular flexibility index (Phi) is 3.38. The van der Waals surface area contributed by atoms with Crippen LogP contribution >= 0.6 is 12.6 Å². The highest BCUT2D eigenvalue weighted by molar-refractivity contribution is 7.80. The average molecular weight is 162 g/mol. The summed E-state index contributed by atoms with van der Waals surface area (Å²) >= 11 is 3.71. The number of carbonyl (C=O) groups excluding carboxylic acids is 1. The van der Waals surface area contributed by atoms with Crippen LogP contribution in [0, 0.1) is 0 Å². The van der Waals surface area contributed by atoms with Gasteiger partial charge in [0.25, 0.3) is 0 Å². The van der Waals surface area contributed by atoms with Crippen LogP contribution in [0.1, 0.15) is 6.42 Å². The summed E-state index contributed by atoms with van der Waals surface area (Å²) in [7, 11) is 0. The maximum atomic E-state index is 10.0. The lowest BCUT2D eigenvalue weighted by molar-refractivity contribution is -0.137. The van der Waals surface area contributed by atoms with Crippen molar-refractivity contribution < 1.29 is 14.7 Å². The molecule has 3 N–H and O–H groups in total. The summed E-state index contributed by atoms with van der Waals surface area (Å²) in [6.07, 6.45) is 0.999. The zero-order chi connectivity index (χ0) is 8.20. The van der Waals surface area contributed by atoms with Crippen LogP contribution in [0.25, 0.3) is 0 Å². The van der Waals surface area contributed by atoms with Gasteiger partial charge in [-0.25, -0.2) is 0 Å². The number of carboxylic acids is 1. The molecule has 0 saturated heterocycles. The van der Waals surface area contributed by atoms with E-state index in [0.29, 0.717) is 0 Å². The van der Waals surface area contributed by atoms with Crippen molar-refractivity contribution in [3.05, 3.63) is 0 Å². The second-order valence-corrected chi connectivity index (χ2v) is 2.30. The zero-order valence-electron chi connectivity index (χ0n) is 5.20. The van der Waals surface area contributed by atoms with Crippen molar-refractivity contribution in [2.45, 2.75) is 12.0 Å². The fourth-order valence-corrected chi connectivity index (χ4v) is 0.570. The van der Waals surface area contributed by atoms with Gasteiger partial charge in [-0.15, -0.1) is 0 Å². The number of nitrogens with two attached hydrogens (primary N) is 1. The first-order valence-corrected chi connectivity index (χ1v) is 3.18. The Hall–Kier alpha value is -0.550. The highest BCUT2D eigenvalue weighted by atomic mass is 32.1. The Morgan fingerprint density at radius 2 is 2.30 bits per heavy atom. The molecule has 57 valence electrons. The topological polar surface area (TPSA) is 80.4 Å². The molecule has 0 unspecified atom stereocenters. The Morgan fingerprint density at radius 3 is 2.40 bits per heavy atom. The van der Waals surface area contributed by atoms with E-state index < -0.39 is 17.9 Å². The van der Waals surface area contributed by atoms with Crippen molar-refractivity contribution in [2.75, 3.05) is 5.75 Å². The number of thiol groups is 1. The molecule has 1 atom stereocenters. The average Bonchev–Trinajstić information content (AvgIpc) is 1.87. The van der Waals surface area contributed by atoms with E-state index in [1.807, 2.05) is 0 Å². The minimum Gasteiger partial charge on any atom is -0.481 e. The molecule has 0 saturated carbocycles. The number of aliphatic carboxylic acids is 1. The van der Waals surface area contributed by atoms with Crippen LogP contribution in [-0.2, 0) is 9.59 Å². The molecule has 0 amide bonds. The summed E-state index contributed by atoms with van der Waals surface area (Å²) in [5.74, 6) is -1.14. The molecule has 0 fully saturated rings. The van der Waals surface area contributed by atoms with E-state index in [1.54, 1.807) is 0 Å². The molecule has 0 aliphatic heterocycles. The van der Waals surface area contributed by atoms with Crippen LogP contribution in [-0.4, -0.2) is 28.7 Å². The van der Waals surface area contributed by atoms with Gasteiger partial charge in [0.2, 0.25) is 6.29 Å². The third-order valence-corrected chi connectivity index (χ3v) is 1.52. The summed E-state index contributed by atoms with van der Waals surface area (Å²) in [5.41, 5.74) is 3.78. The van der Waals surface area contributed by atoms with Crippen LogP contribution in [0.4, 0.5) is 0 Å². The van der Waals surface area contributed by atoms with E-state index in [4.69, 9.17) is 10.8 Å². The summed E-state index contributed by atoms with van der Waals surface area (Å²) in [6, 6.07) is 0. The predicted molar refractivity (Wildman–Crippen MR) is 38.7 cm³/mol. The van der Waals surface area contributed by atoms with Crippen molar-refractivity contribution in [1.29, 1.82) is 0 Å². The molecule has 10 heavy (non-hydrogen) atoms. The maximum Gasteiger partial charge on any atom is 0.305 e. The number of rotatable bonds is 4. The molecule has 0 aromatic heterocycles. The molecule has 0 aromatic rings. The van der Waals surface area contributed by atoms with E-state index in [1.165, 1.54) is 6.29 Å². The third kappa shape index (κ3) is 2.84. The van der Waals surface area contributed by atoms with Crippen molar-refractivity contribution in [2.24, 2.45) is 5.73 Å². The zero-order valence-corrected chi connectivity index (χ0v) is 6.10. The molecule has 4 nitrogen and oxygen atoms in total. The molecule has 0 heterocycles. The first kappa shape index (κ1) is 9.45. The summed E-state index contributed by atoms with van der Waals surface area (Å²) < 4.78 is 0. The summed E-state index contributed by atoms with van der Waals surface area (Å²) in [4.78, 5) is 20.1. The molecule has 0 aromatic carbocycles. The Morgan fingerprint density at radius 1 is 1.80 bits per heavy atom. The van der Waals surface area contributed by atoms with Gasteiger partial charge in [-0.2, -0.15) is 12.6 Å². The van der Waals surface area contributed by atoms with Gasteiger partial charge in [-0.05, 0) is 0 Å². The van der Waals surface area contributed by atoms with Crippen LogP contribution in [0.15, 0.2) is 0 Å². The van der Waals surface area contributed by atoms with E-state index in [0.717, 1.165) is 0 Å². The van der Waals surface area contributed by atoms with E-state index in [-0.39, 0.29) is 5.75 Å². The predicted octanol–water partition coefficient (Wildman–Crippen LogP) is -0.802. The second kappa shape index (κ2) is 3.58. The molecule has 0 rings (SSSR count). The lowest BCUT2D eigenvalue weighted by Gasteiger charge is -2.15. The molecule has 5 heteroatoms.